The Balaban J connectivity index is 1.22. The Morgan fingerprint density at radius 1 is 1.02 bits per heavy atom. The van der Waals surface area contributed by atoms with E-state index in [0.717, 1.165) is 17.3 Å². The number of rotatable bonds is 9. The number of fused-ring (bicyclic) bond motifs is 1. The van der Waals surface area contributed by atoms with Crippen LogP contribution in [-0.4, -0.2) is 48.5 Å². The van der Waals surface area contributed by atoms with Crippen molar-refractivity contribution in [3.8, 4) is 11.5 Å². The summed E-state index contributed by atoms with van der Waals surface area (Å²) < 4.78 is 52.1. The first-order valence-electron chi connectivity index (χ1n) is 13.7. The molecule has 12 heteroatoms. The zero-order chi connectivity index (χ0) is 30.0. The van der Waals surface area contributed by atoms with Crippen molar-refractivity contribution in [2.45, 2.75) is 45.7 Å². The molecule has 0 fully saturated rings. The Bertz CT molecular complexity index is 1550. The number of hydrazone groups is 2. The lowest BCUT2D eigenvalue weighted by molar-refractivity contribution is -0.134. The maximum atomic E-state index is 13.5. The zero-order valence-electron chi connectivity index (χ0n) is 23.5. The average Bonchev–Trinajstić information content (AvgIpc) is 3.41. The lowest BCUT2D eigenvalue weighted by Crippen LogP contribution is -2.37. The number of halogens is 3. The highest BCUT2D eigenvalue weighted by atomic mass is 32.1. The van der Waals surface area contributed by atoms with Gasteiger partial charge in [0.15, 0.2) is 0 Å². The van der Waals surface area contributed by atoms with E-state index in [2.05, 4.69) is 15.6 Å². The van der Waals surface area contributed by atoms with E-state index in [1.54, 1.807) is 12.1 Å². The van der Waals surface area contributed by atoms with Gasteiger partial charge in [0.2, 0.25) is 11.8 Å². The third-order valence-electron chi connectivity index (χ3n) is 7.33. The molecule has 2 amide bonds. The number of thiophene rings is 1. The molecule has 3 heterocycles. The molecule has 0 radical (unpaired) electrons. The van der Waals surface area contributed by atoms with Crippen LogP contribution in [0.1, 0.15) is 55.5 Å². The zero-order valence-corrected chi connectivity index (χ0v) is 24.3. The molecule has 2 aliphatic heterocycles. The van der Waals surface area contributed by atoms with Crippen molar-refractivity contribution in [3.05, 3.63) is 58.5 Å². The Hall–Kier alpha value is -3.93. The third-order valence-corrected chi connectivity index (χ3v) is 8.52. The van der Waals surface area contributed by atoms with E-state index < -0.39 is 11.1 Å². The highest BCUT2D eigenvalue weighted by Gasteiger charge is 2.35. The summed E-state index contributed by atoms with van der Waals surface area (Å²) in [6, 6.07) is 12.0. The molecule has 3 aromatic rings. The molecule has 0 saturated carbocycles. The molecule has 8 nitrogen and oxygen atoms in total. The third kappa shape index (κ3) is 6.28. The van der Waals surface area contributed by atoms with E-state index in [9.17, 15) is 22.8 Å². The molecule has 0 bridgehead atoms. The SMILES string of the molecule is COc1ccc(C2=NN(CCCCOc3ccc(C4=NNC(=O)CC4C)cc3)C(=O)CC2C)c2cc(C(F)(F)F)sc12. The molecule has 2 atom stereocenters. The van der Waals surface area contributed by atoms with Crippen molar-refractivity contribution >= 4 is 44.7 Å². The van der Waals surface area contributed by atoms with Gasteiger partial charge < -0.3 is 9.47 Å². The van der Waals surface area contributed by atoms with Gasteiger partial charge in [0, 0.05) is 42.2 Å². The van der Waals surface area contributed by atoms with Gasteiger partial charge in [-0.05, 0) is 60.9 Å². The van der Waals surface area contributed by atoms with Crippen LogP contribution in [0.15, 0.2) is 52.7 Å². The number of alkyl halides is 3. The Morgan fingerprint density at radius 3 is 2.45 bits per heavy atom. The minimum atomic E-state index is -4.47. The van der Waals surface area contributed by atoms with E-state index in [4.69, 9.17) is 9.47 Å². The molecular formula is C30H31F3N4O4S. The standard InChI is InChI=1S/C30H31F3N4O4S/c1-17-14-25(38)34-35-27(17)19-6-8-20(9-7-19)41-13-5-4-12-37-26(39)15-18(2)28(36-37)21-10-11-23(40-3)29-22(21)16-24(42-29)30(31,32)33/h6-11,16-18H,4-5,12-15H2,1-3H3,(H,34,38). The molecular weight excluding hydrogens is 569 g/mol. The second-order valence-corrected chi connectivity index (χ2v) is 11.5. The Morgan fingerprint density at radius 2 is 1.76 bits per heavy atom. The van der Waals surface area contributed by atoms with Crippen molar-refractivity contribution in [1.29, 1.82) is 0 Å². The summed E-state index contributed by atoms with van der Waals surface area (Å²) in [6.07, 6.45) is -2.54. The summed E-state index contributed by atoms with van der Waals surface area (Å²) in [7, 11) is 1.43. The normalized spacial score (nSPS) is 19.4. The van der Waals surface area contributed by atoms with Gasteiger partial charge in [0.1, 0.15) is 16.4 Å². The van der Waals surface area contributed by atoms with Crippen LogP contribution in [0.5, 0.6) is 11.5 Å². The highest BCUT2D eigenvalue weighted by Crippen LogP contribution is 2.43. The average molecular weight is 601 g/mol. The quantitative estimate of drug-likeness (QED) is 0.295. The number of carbonyl (C=O) groups excluding carboxylic acids is 2. The summed E-state index contributed by atoms with van der Waals surface area (Å²) in [4.78, 5) is 23.5. The number of hydrogen-bond acceptors (Lipinski definition) is 7. The van der Waals surface area contributed by atoms with Crippen LogP contribution >= 0.6 is 11.3 Å². The van der Waals surface area contributed by atoms with Gasteiger partial charge in [0.05, 0.1) is 29.8 Å². The number of carbonyl (C=O) groups is 2. The summed E-state index contributed by atoms with van der Waals surface area (Å²) >= 11 is 0.641. The van der Waals surface area contributed by atoms with Gasteiger partial charge in [-0.25, -0.2) is 10.4 Å². The fourth-order valence-electron chi connectivity index (χ4n) is 5.14. The fraction of sp³-hybridized carbons (Fsp3) is 0.400. The molecule has 1 N–H and O–H groups in total. The fourth-order valence-corrected chi connectivity index (χ4v) is 6.19. The number of amides is 2. The minimum Gasteiger partial charge on any atom is -0.495 e. The molecule has 222 valence electrons. The molecule has 0 aliphatic carbocycles. The monoisotopic (exact) mass is 600 g/mol. The Labute approximate surface area is 245 Å². The van der Waals surface area contributed by atoms with Crippen LogP contribution in [0.3, 0.4) is 0 Å². The number of nitrogens with zero attached hydrogens (tertiary/aromatic N) is 3. The molecule has 5 rings (SSSR count). The second kappa shape index (κ2) is 12.1. The second-order valence-electron chi connectivity index (χ2n) is 10.5. The van der Waals surface area contributed by atoms with Gasteiger partial charge in [-0.1, -0.05) is 13.8 Å². The lowest BCUT2D eigenvalue weighted by atomic mass is 9.91. The minimum absolute atomic E-state index is 0.0348. The van der Waals surface area contributed by atoms with E-state index in [0.29, 0.717) is 76.6 Å². The maximum absolute atomic E-state index is 13.5. The van der Waals surface area contributed by atoms with Crippen LogP contribution in [0.2, 0.25) is 0 Å². The van der Waals surface area contributed by atoms with Gasteiger partial charge >= 0.3 is 6.18 Å². The first kappa shape index (κ1) is 29.6. The molecule has 0 saturated heterocycles. The van der Waals surface area contributed by atoms with Crippen LogP contribution in [0.4, 0.5) is 13.2 Å². The van der Waals surface area contributed by atoms with E-state index in [-0.39, 0.29) is 30.1 Å². The van der Waals surface area contributed by atoms with Crippen molar-refractivity contribution in [3.63, 3.8) is 0 Å². The van der Waals surface area contributed by atoms with Crippen molar-refractivity contribution in [1.82, 2.24) is 10.4 Å². The predicted octanol–water partition coefficient (Wildman–Crippen LogP) is 6.22. The van der Waals surface area contributed by atoms with Crippen LogP contribution in [0, 0.1) is 11.8 Å². The van der Waals surface area contributed by atoms with Gasteiger partial charge in [0.25, 0.3) is 0 Å². The molecule has 2 aliphatic rings. The molecule has 2 unspecified atom stereocenters. The lowest BCUT2D eigenvalue weighted by Gasteiger charge is -2.28. The first-order valence-corrected chi connectivity index (χ1v) is 14.5. The predicted molar refractivity (Wildman–Crippen MR) is 155 cm³/mol. The van der Waals surface area contributed by atoms with Crippen molar-refractivity contribution < 1.29 is 32.2 Å². The number of methoxy groups -OCH3 is 1. The molecule has 2 aromatic carbocycles. The molecule has 42 heavy (non-hydrogen) atoms. The molecule has 0 spiro atoms. The van der Waals surface area contributed by atoms with Crippen molar-refractivity contribution in [2.24, 2.45) is 22.0 Å². The number of nitrogens with one attached hydrogen (secondary N) is 1. The highest BCUT2D eigenvalue weighted by molar-refractivity contribution is 7.19. The van der Waals surface area contributed by atoms with Crippen LogP contribution < -0.4 is 14.9 Å². The summed E-state index contributed by atoms with van der Waals surface area (Å²) in [5.41, 5.74) is 5.44. The van der Waals surface area contributed by atoms with E-state index in [1.807, 2.05) is 38.1 Å². The molecule has 1 aromatic heterocycles. The smallest absolute Gasteiger partial charge is 0.425 e. The van der Waals surface area contributed by atoms with E-state index in [1.165, 1.54) is 12.1 Å². The largest absolute Gasteiger partial charge is 0.495 e. The topological polar surface area (TPSA) is 92.6 Å². The number of unbranched alkanes of at least 4 members (excludes halogenated alkanes) is 1. The number of benzene rings is 2. The van der Waals surface area contributed by atoms with E-state index >= 15 is 0 Å². The summed E-state index contributed by atoms with van der Waals surface area (Å²) in [5.74, 6) is 0.648. The van der Waals surface area contributed by atoms with Gasteiger partial charge in [-0.3, -0.25) is 9.59 Å². The maximum Gasteiger partial charge on any atom is 0.425 e. The van der Waals surface area contributed by atoms with Crippen molar-refractivity contribution in [2.75, 3.05) is 20.3 Å². The first-order chi connectivity index (χ1) is 20.0. The van der Waals surface area contributed by atoms with Crippen LogP contribution in [-0.2, 0) is 15.8 Å². The summed E-state index contributed by atoms with van der Waals surface area (Å²) in [5, 5.41) is 10.6. The Kier molecular flexibility index (Phi) is 8.53. The number of hydrogen-bond donors (Lipinski definition) is 1. The van der Waals surface area contributed by atoms with Gasteiger partial charge in [-0.15, -0.1) is 11.3 Å². The number of ether oxygens (including phenoxy) is 2. The van der Waals surface area contributed by atoms with Crippen LogP contribution in [0.25, 0.3) is 10.1 Å². The summed E-state index contributed by atoms with van der Waals surface area (Å²) in [6.45, 7) is 4.64. The van der Waals surface area contributed by atoms with Gasteiger partial charge in [-0.2, -0.15) is 23.4 Å².